The molecule has 14 heavy (non-hydrogen) atoms. The van der Waals surface area contributed by atoms with Crippen molar-refractivity contribution in [3.8, 4) is 0 Å². The molecular formula is C12H16N2. The lowest BCUT2D eigenvalue weighted by Gasteiger charge is -2.01. The lowest BCUT2D eigenvalue weighted by molar-refractivity contribution is 0.840. The van der Waals surface area contributed by atoms with E-state index in [0.717, 1.165) is 0 Å². The lowest BCUT2D eigenvalue weighted by Crippen LogP contribution is -2.04. The van der Waals surface area contributed by atoms with E-state index in [9.17, 15) is 0 Å². The van der Waals surface area contributed by atoms with Gasteiger partial charge in [-0.05, 0) is 31.0 Å². The fraction of sp³-hybridized carbons (Fsp3) is 0.333. The monoisotopic (exact) mass is 188 g/mol. The second kappa shape index (κ2) is 3.14. The number of nitrogens with two attached hydrogens (primary N) is 1. The number of fused-ring (bicyclic) bond motifs is 1. The van der Waals surface area contributed by atoms with E-state index in [1.54, 1.807) is 0 Å². The summed E-state index contributed by atoms with van der Waals surface area (Å²) in [6.07, 6.45) is 0. The van der Waals surface area contributed by atoms with Crippen LogP contribution in [0.4, 0.5) is 0 Å². The third-order valence-corrected chi connectivity index (χ3v) is 2.95. The summed E-state index contributed by atoms with van der Waals surface area (Å²) in [5.74, 6) is 0. The maximum atomic E-state index is 5.73. The minimum Gasteiger partial charge on any atom is -0.346 e. The number of hydrogen-bond donors (Lipinski definition) is 1. The van der Waals surface area contributed by atoms with E-state index in [0.29, 0.717) is 6.54 Å². The Bertz CT molecular complexity index is 481. The van der Waals surface area contributed by atoms with Crippen LogP contribution in [0.1, 0.15) is 16.8 Å². The van der Waals surface area contributed by atoms with E-state index in [4.69, 9.17) is 5.73 Å². The Labute approximate surface area is 84.3 Å². The van der Waals surface area contributed by atoms with Crippen LogP contribution in [0.15, 0.2) is 18.2 Å². The van der Waals surface area contributed by atoms with Crippen LogP contribution in [0.5, 0.6) is 0 Å². The van der Waals surface area contributed by atoms with Crippen molar-refractivity contribution in [2.75, 3.05) is 0 Å². The number of aromatic nitrogens is 1. The van der Waals surface area contributed by atoms with Crippen LogP contribution in [0.25, 0.3) is 10.9 Å². The molecule has 0 bridgehead atoms. The summed E-state index contributed by atoms with van der Waals surface area (Å²) in [7, 11) is 2.08. The Balaban J connectivity index is 2.87. The highest BCUT2D eigenvalue weighted by Crippen LogP contribution is 2.24. The van der Waals surface area contributed by atoms with Crippen LogP contribution in [-0.4, -0.2) is 4.57 Å². The minimum absolute atomic E-state index is 0.607. The van der Waals surface area contributed by atoms with E-state index in [2.05, 4.69) is 43.7 Å². The van der Waals surface area contributed by atoms with Gasteiger partial charge in [0.1, 0.15) is 0 Å². The summed E-state index contributed by atoms with van der Waals surface area (Å²) in [4.78, 5) is 0. The number of aryl methyl sites for hydroxylation is 3. The summed E-state index contributed by atoms with van der Waals surface area (Å²) in [5, 5.41) is 1.32. The summed E-state index contributed by atoms with van der Waals surface area (Å²) in [5.41, 5.74) is 10.8. The lowest BCUT2D eigenvalue weighted by atomic mass is 10.1. The number of rotatable bonds is 1. The second-order valence-corrected chi connectivity index (χ2v) is 3.86. The van der Waals surface area contributed by atoms with Gasteiger partial charge in [-0.3, -0.25) is 0 Å². The Morgan fingerprint density at radius 2 is 2.00 bits per heavy atom. The molecule has 0 fully saturated rings. The fourth-order valence-corrected chi connectivity index (χ4v) is 2.08. The van der Waals surface area contributed by atoms with Crippen LogP contribution in [0.3, 0.4) is 0 Å². The summed E-state index contributed by atoms with van der Waals surface area (Å²) in [6, 6.07) is 6.54. The molecule has 0 spiro atoms. The Hall–Kier alpha value is -1.28. The van der Waals surface area contributed by atoms with Crippen molar-refractivity contribution in [3.63, 3.8) is 0 Å². The van der Waals surface area contributed by atoms with E-state index in [1.165, 1.54) is 27.7 Å². The summed E-state index contributed by atoms with van der Waals surface area (Å²) in [6.45, 7) is 4.86. The first kappa shape index (κ1) is 9.28. The van der Waals surface area contributed by atoms with Crippen LogP contribution >= 0.6 is 0 Å². The van der Waals surface area contributed by atoms with Gasteiger partial charge in [0, 0.05) is 30.2 Å². The third kappa shape index (κ3) is 1.15. The minimum atomic E-state index is 0.607. The number of benzene rings is 1. The van der Waals surface area contributed by atoms with Crippen LogP contribution in [0, 0.1) is 13.8 Å². The number of hydrogen-bond acceptors (Lipinski definition) is 1. The van der Waals surface area contributed by atoms with Gasteiger partial charge in [0.25, 0.3) is 0 Å². The Kier molecular flexibility index (Phi) is 2.08. The van der Waals surface area contributed by atoms with Crippen molar-refractivity contribution in [2.24, 2.45) is 12.8 Å². The van der Waals surface area contributed by atoms with Gasteiger partial charge >= 0.3 is 0 Å². The molecule has 74 valence electrons. The van der Waals surface area contributed by atoms with Gasteiger partial charge in [-0.1, -0.05) is 12.1 Å². The van der Waals surface area contributed by atoms with E-state index >= 15 is 0 Å². The zero-order chi connectivity index (χ0) is 10.3. The predicted molar refractivity (Wildman–Crippen MR) is 60.3 cm³/mol. The second-order valence-electron chi connectivity index (χ2n) is 3.86. The van der Waals surface area contributed by atoms with Crippen LogP contribution in [-0.2, 0) is 13.6 Å². The van der Waals surface area contributed by atoms with Gasteiger partial charge < -0.3 is 10.3 Å². The number of nitrogens with zero attached hydrogens (tertiary/aromatic N) is 1. The van der Waals surface area contributed by atoms with Crippen molar-refractivity contribution in [1.82, 2.24) is 4.57 Å². The standard InChI is InChI=1S/C12H16N2/c1-8-4-5-10-9(2)12(7-13)14(3)11(10)6-8/h4-6H,7,13H2,1-3H3. The molecule has 1 aromatic heterocycles. The average Bonchev–Trinajstić information content (AvgIpc) is 2.39. The van der Waals surface area contributed by atoms with Gasteiger partial charge in [0.15, 0.2) is 0 Å². The van der Waals surface area contributed by atoms with Gasteiger partial charge in [0.05, 0.1) is 0 Å². The van der Waals surface area contributed by atoms with Crippen molar-refractivity contribution < 1.29 is 0 Å². The Morgan fingerprint density at radius 1 is 1.29 bits per heavy atom. The van der Waals surface area contributed by atoms with Gasteiger partial charge in [-0.2, -0.15) is 0 Å². The molecule has 0 saturated carbocycles. The first-order chi connectivity index (χ1) is 6.65. The van der Waals surface area contributed by atoms with Crippen molar-refractivity contribution in [1.29, 1.82) is 0 Å². The molecule has 0 aliphatic heterocycles. The average molecular weight is 188 g/mol. The molecule has 0 aliphatic rings. The van der Waals surface area contributed by atoms with E-state index < -0.39 is 0 Å². The molecule has 0 amide bonds. The molecule has 0 unspecified atom stereocenters. The molecule has 0 radical (unpaired) electrons. The molecule has 1 heterocycles. The van der Waals surface area contributed by atoms with E-state index in [1.807, 2.05) is 0 Å². The fourth-order valence-electron chi connectivity index (χ4n) is 2.08. The molecule has 0 aliphatic carbocycles. The molecule has 2 nitrogen and oxygen atoms in total. The van der Waals surface area contributed by atoms with E-state index in [-0.39, 0.29) is 0 Å². The van der Waals surface area contributed by atoms with Gasteiger partial charge in [-0.15, -0.1) is 0 Å². The van der Waals surface area contributed by atoms with Gasteiger partial charge in [0.2, 0.25) is 0 Å². The quantitative estimate of drug-likeness (QED) is 0.731. The molecular weight excluding hydrogens is 172 g/mol. The highest BCUT2D eigenvalue weighted by molar-refractivity contribution is 5.85. The molecule has 2 aromatic rings. The molecule has 2 rings (SSSR count). The highest BCUT2D eigenvalue weighted by Gasteiger charge is 2.09. The predicted octanol–water partition coefficient (Wildman–Crippen LogP) is 2.25. The third-order valence-electron chi connectivity index (χ3n) is 2.95. The summed E-state index contributed by atoms with van der Waals surface area (Å²) >= 11 is 0. The smallest absolute Gasteiger partial charge is 0.0485 e. The first-order valence-electron chi connectivity index (χ1n) is 4.89. The normalized spacial score (nSPS) is 11.1. The van der Waals surface area contributed by atoms with Crippen molar-refractivity contribution >= 4 is 10.9 Å². The summed E-state index contributed by atoms with van der Waals surface area (Å²) < 4.78 is 2.19. The van der Waals surface area contributed by atoms with Crippen LogP contribution < -0.4 is 5.73 Å². The maximum Gasteiger partial charge on any atom is 0.0485 e. The maximum absolute atomic E-state index is 5.73. The Morgan fingerprint density at radius 3 is 2.64 bits per heavy atom. The topological polar surface area (TPSA) is 30.9 Å². The van der Waals surface area contributed by atoms with Gasteiger partial charge in [-0.25, -0.2) is 0 Å². The molecule has 1 aromatic carbocycles. The van der Waals surface area contributed by atoms with Crippen molar-refractivity contribution in [2.45, 2.75) is 20.4 Å². The SMILES string of the molecule is Cc1ccc2c(C)c(CN)n(C)c2c1. The zero-order valence-electron chi connectivity index (χ0n) is 8.96. The highest BCUT2D eigenvalue weighted by atomic mass is 15.0. The van der Waals surface area contributed by atoms with Crippen molar-refractivity contribution in [3.05, 3.63) is 35.0 Å². The zero-order valence-corrected chi connectivity index (χ0v) is 8.96. The largest absolute Gasteiger partial charge is 0.346 e. The first-order valence-corrected chi connectivity index (χ1v) is 4.89. The molecule has 0 atom stereocenters. The molecule has 2 N–H and O–H groups in total. The molecule has 2 heteroatoms. The molecule has 0 saturated heterocycles. The van der Waals surface area contributed by atoms with Crippen LogP contribution in [0.2, 0.25) is 0 Å².